The van der Waals surface area contributed by atoms with Crippen LogP contribution in [0.15, 0.2) is 17.5 Å². The minimum Gasteiger partial charge on any atom is -0.353 e. The predicted octanol–water partition coefficient (Wildman–Crippen LogP) is 2.18. The summed E-state index contributed by atoms with van der Waals surface area (Å²) in [7, 11) is 0. The second-order valence-electron chi connectivity index (χ2n) is 4.61. The topological polar surface area (TPSA) is 41.1 Å². The fraction of sp³-hybridized carbons (Fsp3) is 0.615. The molecule has 0 fully saturated rings. The molecule has 0 spiro atoms. The van der Waals surface area contributed by atoms with Crippen molar-refractivity contribution in [3.05, 3.63) is 22.4 Å². The first-order valence-corrected chi connectivity index (χ1v) is 7.01. The number of hydrogen-bond donors (Lipinski definition) is 2. The van der Waals surface area contributed by atoms with Gasteiger partial charge < -0.3 is 10.6 Å². The Kier molecular flexibility index (Phi) is 6.22. The molecule has 1 aromatic heterocycles. The molecule has 0 saturated heterocycles. The van der Waals surface area contributed by atoms with Gasteiger partial charge in [0.15, 0.2) is 0 Å². The van der Waals surface area contributed by atoms with E-state index in [-0.39, 0.29) is 11.9 Å². The summed E-state index contributed by atoms with van der Waals surface area (Å²) in [4.78, 5) is 12.9. The van der Waals surface area contributed by atoms with Gasteiger partial charge >= 0.3 is 0 Å². The highest BCUT2D eigenvalue weighted by atomic mass is 32.1. The quantitative estimate of drug-likeness (QED) is 0.783. The lowest BCUT2D eigenvalue weighted by atomic mass is 10.2. The second kappa shape index (κ2) is 7.45. The van der Waals surface area contributed by atoms with Crippen LogP contribution in [0.1, 0.15) is 32.1 Å². The molecule has 0 aliphatic carbocycles. The van der Waals surface area contributed by atoms with Crippen molar-refractivity contribution in [3.8, 4) is 0 Å². The van der Waals surface area contributed by atoms with Gasteiger partial charge in [0, 0.05) is 36.3 Å². The summed E-state index contributed by atoms with van der Waals surface area (Å²) >= 11 is 1.74. The van der Waals surface area contributed by atoms with Crippen molar-refractivity contribution >= 4 is 17.2 Å². The van der Waals surface area contributed by atoms with Crippen molar-refractivity contribution in [2.45, 2.75) is 45.7 Å². The molecule has 0 aromatic carbocycles. The van der Waals surface area contributed by atoms with Gasteiger partial charge in [0.05, 0.1) is 0 Å². The maximum atomic E-state index is 11.6. The molecule has 0 bridgehead atoms. The van der Waals surface area contributed by atoms with E-state index in [1.54, 1.807) is 11.3 Å². The summed E-state index contributed by atoms with van der Waals surface area (Å²) < 4.78 is 0. The Morgan fingerprint density at radius 1 is 1.41 bits per heavy atom. The molecule has 1 amide bonds. The third-order valence-electron chi connectivity index (χ3n) is 2.40. The number of amides is 1. The van der Waals surface area contributed by atoms with E-state index in [2.05, 4.69) is 35.9 Å². The van der Waals surface area contributed by atoms with E-state index in [0.717, 1.165) is 13.0 Å². The zero-order valence-electron chi connectivity index (χ0n) is 10.8. The van der Waals surface area contributed by atoms with Gasteiger partial charge in [-0.25, -0.2) is 0 Å². The Hall–Kier alpha value is -0.870. The second-order valence-corrected chi connectivity index (χ2v) is 5.64. The van der Waals surface area contributed by atoms with Crippen LogP contribution in [0.4, 0.5) is 0 Å². The van der Waals surface area contributed by atoms with E-state index < -0.39 is 0 Å². The Morgan fingerprint density at radius 3 is 2.76 bits per heavy atom. The highest BCUT2D eigenvalue weighted by Gasteiger charge is 2.08. The molecule has 1 rings (SSSR count). The van der Waals surface area contributed by atoms with Gasteiger partial charge in [-0.3, -0.25) is 4.79 Å². The fourth-order valence-electron chi connectivity index (χ4n) is 1.60. The lowest BCUT2D eigenvalue weighted by molar-refractivity contribution is -0.121. The Bertz CT molecular complexity index is 322. The molecule has 96 valence electrons. The van der Waals surface area contributed by atoms with Crippen LogP contribution in [0.5, 0.6) is 0 Å². The normalized spacial score (nSPS) is 12.7. The molecule has 1 unspecified atom stereocenters. The highest BCUT2D eigenvalue weighted by molar-refractivity contribution is 7.09. The van der Waals surface area contributed by atoms with Crippen LogP contribution in [0.2, 0.25) is 0 Å². The molecule has 17 heavy (non-hydrogen) atoms. The van der Waals surface area contributed by atoms with Gasteiger partial charge in [-0.2, -0.15) is 0 Å². The van der Waals surface area contributed by atoms with Crippen LogP contribution in [-0.2, 0) is 11.2 Å². The van der Waals surface area contributed by atoms with Crippen molar-refractivity contribution in [1.29, 1.82) is 0 Å². The summed E-state index contributed by atoms with van der Waals surface area (Å²) in [6.45, 7) is 6.96. The highest BCUT2D eigenvalue weighted by Crippen LogP contribution is 2.10. The molecule has 0 aliphatic rings. The van der Waals surface area contributed by atoms with Gasteiger partial charge in [0.1, 0.15) is 0 Å². The van der Waals surface area contributed by atoms with Crippen molar-refractivity contribution in [3.63, 3.8) is 0 Å². The number of carbonyl (C=O) groups is 1. The summed E-state index contributed by atoms with van der Waals surface area (Å²) in [5, 5.41) is 8.32. The first-order valence-electron chi connectivity index (χ1n) is 6.13. The molecule has 1 atom stereocenters. The van der Waals surface area contributed by atoms with Crippen LogP contribution < -0.4 is 10.6 Å². The third-order valence-corrected chi connectivity index (χ3v) is 3.30. The molecule has 0 aliphatic heterocycles. The first kappa shape index (κ1) is 14.2. The maximum Gasteiger partial charge on any atom is 0.221 e. The van der Waals surface area contributed by atoms with Crippen molar-refractivity contribution in [2.24, 2.45) is 0 Å². The van der Waals surface area contributed by atoms with Gasteiger partial charge in [-0.15, -0.1) is 11.3 Å². The molecule has 0 saturated carbocycles. The van der Waals surface area contributed by atoms with Crippen LogP contribution in [0, 0.1) is 0 Å². The van der Waals surface area contributed by atoms with Crippen LogP contribution in [-0.4, -0.2) is 24.5 Å². The molecule has 1 heterocycles. The average Bonchev–Trinajstić information content (AvgIpc) is 2.69. The zero-order chi connectivity index (χ0) is 12.7. The number of thiophene rings is 1. The Balaban J connectivity index is 2.17. The molecule has 4 heteroatoms. The number of nitrogens with one attached hydrogen (secondary N) is 2. The SMILES string of the molecule is CC(C)NCCC(=O)NC(C)Cc1cccs1. The largest absolute Gasteiger partial charge is 0.353 e. The van der Waals surface area contributed by atoms with Crippen LogP contribution in [0.25, 0.3) is 0 Å². The Morgan fingerprint density at radius 2 is 2.18 bits per heavy atom. The van der Waals surface area contributed by atoms with Crippen molar-refractivity contribution in [2.75, 3.05) is 6.54 Å². The third kappa shape index (κ3) is 6.44. The summed E-state index contributed by atoms with van der Waals surface area (Å²) in [5.74, 6) is 0.127. The molecule has 2 N–H and O–H groups in total. The number of hydrogen-bond acceptors (Lipinski definition) is 3. The van der Waals surface area contributed by atoms with Gasteiger partial charge in [0.2, 0.25) is 5.91 Å². The summed E-state index contributed by atoms with van der Waals surface area (Å²) in [6, 6.07) is 4.79. The van der Waals surface area contributed by atoms with Crippen molar-refractivity contribution < 1.29 is 4.79 Å². The number of carbonyl (C=O) groups excluding carboxylic acids is 1. The minimum atomic E-state index is 0.127. The summed E-state index contributed by atoms with van der Waals surface area (Å²) in [5.41, 5.74) is 0. The molecular weight excluding hydrogens is 232 g/mol. The molecule has 3 nitrogen and oxygen atoms in total. The van der Waals surface area contributed by atoms with Crippen LogP contribution >= 0.6 is 11.3 Å². The lowest BCUT2D eigenvalue weighted by Gasteiger charge is -2.13. The smallest absolute Gasteiger partial charge is 0.221 e. The first-order chi connectivity index (χ1) is 8.08. The standard InChI is InChI=1S/C13H22N2OS/c1-10(2)14-7-6-13(16)15-11(3)9-12-5-4-8-17-12/h4-5,8,10-11,14H,6-7,9H2,1-3H3,(H,15,16). The van der Waals surface area contributed by atoms with Crippen molar-refractivity contribution in [1.82, 2.24) is 10.6 Å². The monoisotopic (exact) mass is 254 g/mol. The molecule has 0 radical (unpaired) electrons. The lowest BCUT2D eigenvalue weighted by Crippen LogP contribution is -2.36. The van der Waals surface area contributed by atoms with Gasteiger partial charge in [-0.1, -0.05) is 19.9 Å². The zero-order valence-corrected chi connectivity index (χ0v) is 11.6. The fourth-order valence-corrected chi connectivity index (χ4v) is 2.44. The summed E-state index contributed by atoms with van der Waals surface area (Å²) in [6.07, 6.45) is 1.47. The molecule has 1 aromatic rings. The van der Waals surface area contributed by atoms with E-state index >= 15 is 0 Å². The molecular formula is C13H22N2OS. The van der Waals surface area contributed by atoms with Gasteiger partial charge in [-0.05, 0) is 18.4 Å². The predicted molar refractivity (Wildman–Crippen MR) is 73.4 cm³/mol. The van der Waals surface area contributed by atoms with E-state index in [1.165, 1.54) is 4.88 Å². The number of rotatable bonds is 7. The van der Waals surface area contributed by atoms with E-state index in [9.17, 15) is 4.79 Å². The average molecular weight is 254 g/mol. The minimum absolute atomic E-state index is 0.127. The van der Waals surface area contributed by atoms with E-state index in [1.807, 2.05) is 13.0 Å². The van der Waals surface area contributed by atoms with Crippen LogP contribution in [0.3, 0.4) is 0 Å². The Labute approximate surface area is 108 Å². The van der Waals surface area contributed by atoms with Gasteiger partial charge in [0.25, 0.3) is 0 Å². The maximum absolute atomic E-state index is 11.6. The van der Waals surface area contributed by atoms with E-state index in [0.29, 0.717) is 12.5 Å². The van der Waals surface area contributed by atoms with E-state index in [4.69, 9.17) is 0 Å².